The molecule has 0 aliphatic rings. The summed E-state index contributed by atoms with van der Waals surface area (Å²) in [4.78, 5) is 26.4. The quantitative estimate of drug-likeness (QED) is 0.184. The summed E-state index contributed by atoms with van der Waals surface area (Å²) in [5.41, 5.74) is 5.61. The van der Waals surface area contributed by atoms with Crippen LogP contribution in [0.1, 0.15) is 28.1 Å². The molecule has 1 heterocycles. The lowest BCUT2D eigenvalue weighted by Gasteiger charge is -2.12. The Morgan fingerprint density at radius 1 is 0.778 bits per heavy atom. The standard InChI is InChI=1S/C30H28ClN3O2/c1-21-17-25(22(2)34(21)27-15-13-26(31)14-16-27)18-28(29(35)32-19-23-9-5-3-6-10-23)30(36)33-20-24-11-7-4-8-12-24/h3-18H,19-20H2,1-2H3,(H,32,35)(H,33,36). The van der Waals surface area contributed by atoms with Gasteiger partial charge in [0.05, 0.1) is 0 Å². The molecular formula is C30H28ClN3O2. The van der Waals surface area contributed by atoms with Crippen LogP contribution in [0.4, 0.5) is 0 Å². The maximum atomic E-state index is 13.2. The lowest BCUT2D eigenvalue weighted by Crippen LogP contribution is -2.34. The van der Waals surface area contributed by atoms with Gasteiger partial charge in [0.2, 0.25) is 0 Å². The van der Waals surface area contributed by atoms with E-state index in [1.54, 1.807) is 6.08 Å². The van der Waals surface area contributed by atoms with E-state index in [2.05, 4.69) is 15.2 Å². The first-order valence-electron chi connectivity index (χ1n) is 11.7. The molecule has 4 rings (SSSR count). The highest BCUT2D eigenvalue weighted by molar-refractivity contribution is 6.30. The van der Waals surface area contributed by atoms with Gasteiger partial charge in [0.25, 0.3) is 11.8 Å². The predicted octanol–water partition coefficient (Wildman–Crippen LogP) is 5.76. The maximum absolute atomic E-state index is 13.2. The Hall–Kier alpha value is -4.09. The molecule has 36 heavy (non-hydrogen) atoms. The van der Waals surface area contributed by atoms with Crippen molar-refractivity contribution in [3.8, 4) is 5.69 Å². The van der Waals surface area contributed by atoms with Gasteiger partial charge in [0.1, 0.15) is 5.57 Å². The summed E-state index contributed by atoms with van der Waals surface area (Å²) in [5.74, 6) is -0.860. The number of nitrogens with one attached hydrogen (secondary N) is 2. The number of carbonyl (C=O) groups is 2. The van der Waals surface area contributed by atoms with Crippen LogP contribution in [-0.4, -0.2) is 16.4 Å². The minimum absolute atomic E-state index is 0.0539. The maximum Gasteiger partial charge on any atom is 0.257 e. The van der Waals surface area contributed by atoms with Crippen molar-refractivity contribution in [2.75, 3.05) is 0 Å². The fourth-order valence-corrected chi connectivity index (χ4v) is 4.18. The van der Waals surface area contributed by atoms with Gasteiger partial charge in [-0.15, -0.1) is 0 Å². The third-order valence-corrected chi connectivity index (χ3v) is 6.19. The molecule has 2 amide bonds. The van der Waals surface area contributed by atoms with Crippen molar-refractivity contribution in [3.05, 3.63) is 130 Å². The van der Waals surface area contributed by atoms with Crippen molar-refractivity contribution >= 4 is 29.5 Å². The summed E-state index contributed by atoms with van der Waals surface area (Å²) in [7, 11) is 0. The number of nitrogens with zero attached hydrogens (tertiary/aromatic N) is 1. The fraction of sp³-hybridized carbons (Fsp3) is 0.133. The molecule has 0 aliphatic carbocycles. The molecule has 1 aromatic heterocycles. The zero-order valence-electron chi connectivity index (χ0n) is 20.3. The number of hydrogen-bond donors (Lipinski definition) is 2. The van der Waals surface area contributed by atoms with Crippen LogP contribution in [0.2, 0.25) is 5.02 Å². The molecule has 2 N–H and O–H groups in total. The molecule has 0 unspecified atom stereocenters. The highest BCUT2D eigenvalue weighted by Crippen LogP contribution is 2.24. The lowest BCUT2D eigenvalue weighted by atomic mass is 10.1. The van der Waals surface area contributed by atoms with Gasteiger partial charge in [0, 0.05) is 35.2 Å². The second-order valence-electron chi connectivity index (χ2n) is 8.53. The molecule has 3 aromatic carbocycles. The van der Waals surface area contributed by atoms with Gasteiger partial charge in [-0.05, 0) is 66.9 Å². The SMILES string of the molecule is Cc1cc(C=C(C(=O)NCc2ccccc2)C(=O)NCc2ccccc2)c(C)n1-c1ccc(Cl)cc1. The molecule has 0 bridgehead atoms. The molecule has 0 radical (unpaired) electrons. The van der Waals surface area contributed by atoms with Crippen LogP contribution in [0.5, 0.6) is 0 Å². The molecule has 0 saturated carbocycles. The van der Waals surface area contributed by atoms with E-state index in [-0.39, 0.29) is 5.57 Å². The van der Waals surface area contributed by atoms with Crippen LogP contribution < -0.4 is 10.6 Å². The van der Waals surface area contributed by atoms with Crippen molar-refractivity contribution < 1.29 is 9.59 Å². The van der Waals surface area contributed by atoms with Crippen molar-refractivity contribution in [1.82, 2.24) is 15.2 Å². The topological polar surface area (TPSA) is 63.1 Å². The number of aromatic nitrogens is 1. The number of hydrogen-bond acceptors (Lipinski definition) is 2. The van der Waals surface area contributed by atoms with E-state index in [0.29, 0.717) is 18.1 Å². The molecule has 6 heteroatoms. The summed E-state index contributed by atoms with van der Waals surface area (Å²) in [6.45, 7) is 4.61. The van der Waals surface area contributed by atoms with E-state index >= 15 is 0 Å². The molecule has 0 atom stereocenters. The number of carbonyl (C=O) groups excluding carboxylic acids is 2. The van der Waals surface area contributed by atoms with E-state index in [4.69, 9.17) is 11.6 Å². The third kappa shape index (κ3) is 6.12. The van der Waals surface area contributed by atoms with E-state index < -0.39 is 11.8 Å². The lowest BCUT2D eigenvalue weighted by molar-refractivity contribution is -0.123. The average Bonchev–Trinajstić information content (AvgIpc) is 3.18. The van der Waals surface area contributed by atoms with E-state index in [1.807, 2.05) is 105 Å². The number of amides is 2. The summed E-state index contributed by atoms with van der Waals surface area (Å²) in [6.07, 6.45) is 1.66. The number of halogens is 1. The minimum atomic E-state index is -0.430. The minimum Gasteiger partial charge on any atom is -0.348 e. The van der Waals surface area contributed by atoms with Gasteiger partial charge >= 0.3 is 0 Å². The number of aryl methyl sites for hydroxylation is 1. The van der Waals surface area contributed by atoms with Gasteiger partial charge in [-0.3, -0.25) is 9.59 Å². The van der Waals surface area contributed by atoms with Gasteiger partial charge < -0.3 is 15.2 Å². The Morgan fingerprint density at radius 3 is 1.78 bits per heavy atom. The molecule has 5 nitrogen and oxygen atoms in total. The zero-order chi connectivity index (χ0) is 25.5. The van der Waals surface area contributed by atoms with Crippen LogP contribution >= 0.6 is 11.6 Å². The van der Waals surface area contributed by atoms with E-state index in [0.717, 1.165) is 33.8 Å². The van der Waals surface area contributed by atoms with Crippen LogP contribution in [-0.2, 0) is 22.7 Å². The summed E-state index contributed by atoms with van der Waals surface area (Å²) >= 11 is 6.06. The Kier molecular flexibility index (Phi) is 8.03. The predicted molar refractivity (Wildman–Crippen MR) is 145 cm³/mol. The molecular weight excluding hydrogens is 470 g/mol. The van der Waals surface area contributed by atoms with Crippen molar-refractivity contribution in [1.29, 1.82) is 0 Å². The highest BCUT2D eigenvalue weighted by Gasteiger charge is 2.20. The molecule has 182 valence electrons. The Bertz CT molecular complexity index is 1320. The molecule has 0 spiro atoms. The van der Waals surface area contributed by atoms with Crippen LogP contribution in [0.15, 0.2) is 96.6 Å². The molecule has 0 fully saturated rings. The number of benzene rings is 3. The van der Waals surface area contributed by atoms with Crippen molar-refractivity contribution in [2.24, 2.45) is 0 Å². The van der Waals surface area contributed by atoms with Crippen LogP contribution in [0.3, 0.4) is 0 Å². The van der Waals surface area contributed by atoms with Crippen LogP contribution in [0, 0.1) is 13.8 Å². The molecule has 0 aliphatic heterocycles. The Labute approximate surface area is 216 Å². The summed E-state index contributed by atoms with van der Waals surface area (Å²) in [5, 5.41) is 6.44. The largest absolute Gasteiger partial charge is 0.348 e. The van der Waals surface area contributed by atoms with Crippen LogP contribution in [0.25, 0.3) is 11.8 Å². The van der Waals surface area contributed by atoms with Gasteiger partial charge in [-0.1, -0.05) is 72.3 Å². The summed E-state index contributed by atoms with van der Waals surface area (Å²) < 4.78 is 2.07. The third-order valence-electron chi connectivity index (χ3n) is 5.94. The monoisotopic (exact) mass is 497 g/mol. The van der Waals surface area contributed by atoms with Gasteiger partial charge in [-0.2, -0.15) is 0 Å². The molecule has 0 saturated heterocycles. The Morgan fingerprint density at radius 2 is 1.28 bits per heavy atom. The van der Waals surface area contributed by atoms with Crippen molar-refractivity contribution in [3.63, 3.8) is 0 Å². The first-order valence-corrected chi connectivity index (χ1v) is 12.1. The zero-order valence-corrected chi connectivity index (χ0v) is 21.0. The van der Waals surface area contributed by atoms with Crippen molar-refractivity contribution in [2.45, 2.75) is 26.9 Å². The first kappa shape index (κ1) is 25.0. The van der Waals surface area contributed by atoms with Gasteiger partial charge in [-0.25, -0.2) is 0 Å². The fourth-order valence-electron chi connectivity index (χ4n) is 4.06. The smallest absolute Gasteiger partial charge is 0.257 e. The number of rotatable bonds is 8. The first-order chi connectivity index (χ1) is 17.4. The molecule has 4 aromatic rings. The Balaban J connectivity index is 1.63. The summed E-state index contributed by atoms with van der Waals surface area (Å²) in [6, 6.07) is 28.7. The van der Waals surface area contributed by atoms with Gasteiger partial charge in [0.15, 0.2) is 0 Å². The normalized spacial score (nSPS) is 10.5. The second kappa shape index (κ2) is 11.6. The highest BCUT2D eigenvalue weighted by atomic mass is 35.5. The second-order valence-corrected chi connectivity index (χ2v) is 8.97. The van der Waals surface area contributed by atoms with E-state index in [1.165, 1.54) is 0 Å². The van der Waals surface area contributed by atoms with E-state index in [9.17, 15) is 9.59 Å². The average molecular weight is 498 g/mol.